The van der Waals surface area contributed by atoms with E-state index >= 15 is 0 Å². The van der Waals surface area contributed by atoms with E-state index in [4.69, 9.17) is 22.7 Å². The lowest BCUT2D eigenvalue weighted by atomic mass is 10.3. The van der Waals surface area contributed by atoms with Gasteiger partial charge in [0.2, 0.25) is 0 Å². The van der Waals surface area contributed by atoms with Gasteiger partial charge in [0.05, 0.1) is 18.0 Å². The second-order valence-electron chi connectivity index (χ2n) is 4.44. The molecule has 0 aliphatic carbocycles. The molecule has 0 radical (unpaired) electrons. The van der Waals surface area contributed by atoms with E-state index in [0.29, 0.717) is 23.2 Å². The maximum absolute atomic E-state index is 11.3. The van der Waals surface area contributed by atoms with Gasteiger partial charge in [-0.15, -0.1) is 0 Å². The van der Waals surface area contributed by atoms with Crippen molar-refractivity contribution in [1.82, 2.24) is 9.78 Å². The van der Waals surface area contributed by atoms with Crippen LogP contribution in [0.2, 0.25) is 0 Å². The highest BCUT2D eigenvalue weighted by molar-refractivity contribution is 7.80. The van der Waals surface area contributed by atoms with Gasteiger partial charge in [-0.2, -0.15) is 5.10 Å². The fourth-order valence-corrected chi connectivity index (χ4v) is 2.11. The van der Waals surface area contributed by atoms with Gasteiger partial charge in [0.25, 0.3) is 5.91 Å². The number of hydrogen-bond donors (Lipinski definition) is 3. The standard InChI is InChI=1S/C14H17N5O2S/c1-3-21-11-7-5-4-6-9(11)16-14(22)17-10-8-19(2)18-12(10)13(15)20/h4-8H,3H2,1-2H3,(H2,15,20)(H2,16,17,22). The minimum Gasteiger partial charge on any atom is -0.492 e. The van der Waals surface area contributed by atoms with E-state index in [1.807, 2.05) is 31.2 Å². The minimum absolute atomic E-state index is 0.129. The van der Waals surface area contributed by atoms with Crippen molar-refractivity contribution in [2.24, 2.45) is 12.8 Å². The molecule has 0 fully saturated rings. The number of thiocarbonyl (C=S) groups is 1. The Morgan fingerprint density at radius 2 is 2.05 bits per heavy atom. The summed E-state index contributed by atoms with van der Waals surface area (Å²) in [4.78, 5) is 11.3. The second-order valence-corrected chi connectivity index (χ2v) is 4.85. The number of carbonyl (C=O) groups excluding carboxylic acids is 1. The minimum atomic E-state index is -0.624. The number of ether oxygens (including phenoxy) is 1. The van der Waals surface area contributed by atoms with Crippen molar-refractivity contribution in [3.63, 3.8) is 0 Å². The van der Waals surface area contributed by atoms with Crippen molar-refractivity contribution in [2.75, 3.05) is 17.2 Å². The van der Waals surface area contributed by atoms with E-state index in [2.05, 4.69) is 15.7 Å². The highest BCUT2D eigenvalue weighted by Gasteiger charge is 2.14. The van der Waals surface area contributed by atoms with E-state index in [1.54, 1.807) is 13.2 Å². The first kappa shape index (κ1) is 15.8. The Balaban J connectivity index is 2.12. The van der Waals surface area contributed by atoms with Gasteiger partial charge in [-0.1, -0.05) is 12.1 Å². The van der Waals surface area contributed by atoms with Gasteiger partial charge in [0.1, 0.15) is 5.75 Å². The average Bonchev–Trinajstić information content (AvgIpc) is 2.82. The first-order chi connectivity index (χ1) is 10.5. The molecule has 7 nitrogen and oxygen atoms in total. The first-order valence-electron chi connectivity index (χ1n) is 6.64. The summed E-state index contributed by atoms with van der Waals surface area (Å²) in [7, 11) is 1.69. The van der Waals surface area contributed by atoms with E-state index < -0.39 is 5.91 Å². The summed E-state index contributed by atoms with van der Waals surface area (Å²) in [6.45, 7) is 2.45. The molecule has 0 bridgehead atoms. The van der Waals surface area contributed by atoms with Gasteiger partial charge in [0, 0.05) is 13.2 Å². The molecule has 2 aromatic rings. The van der Waals surface area contributed by atoms with Crippen molar-refractivity contribution in [1.29, 1.82) is 0 Å². The lowest BCUT2D eigenvalue weighted by molar-refractivity contribution is 0.0995. The molecule has 0 aliphatic heterocycles. The molecule has 2 rings (SSSR count). The Bertz CT molecular complexity index is 698. The Labute approximate surface area is 133 Å². The van der Waals surface area contributed by atoms with Crippen molar-refractivity contribution in [2.45, 2.75) is 6.92 Å². The Kier molecular flexibility index (Phi) is 4.95. The lowest BCUT2D eigenvalue weighted by Gasteiger charge is -2.13. The number of amides is 1. The maximum atomic E-state index is 11.3. The molecular weight excluding hydrogens is 302 g/mol. The van der Waals surface area contributed by atoms with Crippen molar-refractivity contribution >= 4 is 34.6 Å². The number of anilines is 2. The van der Waals surface area contributed by atoms with Crippen LogP contribution < -0.4 is 21.1 Å². The molecule has 1 amide bonds. The van der Waals surface area contributed by atoms with Crippen LogP contribution in [0.1, 0.15) is 17.4 Å². The Hall–Kier alpha value is -2.61. The van der Waals surface area contributed by atoms with Crippen LogP contribution in [0, 0.1) is 0 Å². The number of aryl methyl sites for hydroxylation is 1. The van der Waals surface area contributed by atoms with Crippen LogP contribution in [0.4, 0.5) is 11.4 Å². The number of hydrogen-bond acceptors (Lipinski definition) is 4. The first-order valence-corrected chi connectivity index (χ1v) is 7.05. The number of rotatable bonds is 5. The zero-order valence-electron chi connectivity index (χ0n) is 12.3. The third kappa shape index (κ3) is 3.73. The molecule has 0 spiro atoms. The van der Waals surface area contributed by atoms with Crippen LogP contribution in [-0.4, -0.2) is 27.4 Å². The quantitative estimate of drug-likeness (QED) is 0.727. The molecule has 0 saturated carbocycles. The fraction of sp³-hybridized carbons (Fsp3) is 0.214. The summed E-state index contributed by atoms with van der Waals surface area (Å²) >= 11 is 5.25. The van der Waals surface area contributed by atoms with Gasteiger partial charge in [-0.25, -0.2) is 0 Å². The summed E-state index contributed by atoms with van der Waals surface area (Å²) in [5, 5.41) is 10.2. The number of nitrogens with one attached hydrogen (secondary N) is 2. The third-order valence-corrected chi connectivity index (χ3v) is 2.95. The van der Waals surface area contributed by atoms with Gasteiger partial charge >= 0.3 is 0 Å². The topological polar surface area (TPSA) is 94.2 Å². The summed E-state index contributed by atoms with van der Waals surface area (Å²) in [5.41, 5.74) is 6.58. The van der Waals surface area contributed by atoms with Crippen molar-refractivity contribution in [3.05, 3.63) is 36.2 Å². The summed E-state index contributed by atoms with van der Waals surface area (Å²) < 4.78 is 7.00. The van der Waals surface area contributed by atoms with Gasteiger partial charge < -0.3 is 21.1 Å². The van der Waals surface area contributed by atoms with Gasteiger partial charge in [-0.3, -0.25) is 9.48 Å². The predicted molar refractivity (Wildman–Crippen MR) is 89.2 cm³/mol. The van der Waals surface area contributed by atoms with Crippen LogP contribution >= 0.6 is 12.2 Å². The highest BCUT2D eigenvalue weighted by atomic mass is 32.1. The molecule has 0 saturated heterocycles. The molecular formula is C14H17N5O2S. The number of benzene rings is 1. The van der Waals surface area contributed by atoms with Crippen molar-refractivity contribution in [3.8, 4) is 5.75 Å². The molecule has 22 heavy (non-hydrogen) atoms. The number of nitrogens with zero attached hydrogens (tertiary/aromatic N) is 2. The van der Waals surface area contributed by atoms with Gasteiger partial charge in [0.15, 0.2) is 10.8 Å². The molecule has 1 aromatic carbocycles. The van der Waals surface area contributed by atoms with E-state index in [1.165, 1.54) is 4.68 Å². The number of aromatic nitrogens is 2. The lowest BCUT2D eigenvalue weighted by Crippen LogP contribution is -2.22. The summed E-state index contributed by atoms with van der Waals surface area (Å²) in [5.74, 6) is 0.0658. The van der Waals surface area contributed by atoms with Crippen LogP contribution in [-0.2, 0) is 7.05 Å². The maximum Gasteiger partial charge on any atom is 0.271 e. The molecule has 116 valence electrons. The van der Waals surface area contributed by atoms with E-state index in [-0.39, 0.29) is 5.69 Å². The van der Waals surface area contributed by atoms with E-state index in [0.717, 1.165) is 5.69 Å². The zero-order valence-corrected chi connectivity index (χ0v) is 13.1. The Morgan fingerprint density at radius 1 is 1.36 bits per heavy atom. The second kappa shape index (κ2) is 6.90. The molecule has 0 unspecified atom stereocenters. The SMILES string of the molecule is CCOc1ccccc1NC(=S)Nc1cn(C)nc1C(N)=O. The van der Waals surface area contributed by atoms with Crippen LogP contribution in [0.25, 0.3) is 0 Å². The predicted octanol–water partition coefficient (Wildman–Crippen LogP) is 1.73. The zero-order chi connectivity index (χ0) is 16.1. The molecule has 0 atom stereocenters. The van der Waals surface area contributed by atoms with E-state index in [9.17, 15) is 4.79 Å². The molecule has 4 N–H and O–H groups in total. The summed E-state index contributed by atoms with van der Waals surface area (Å²) in [6.07, 6.45) is 1.63. The van der Waals surface area contributed by atoms with Gasteiger partial charge in [-0.05, 0) is 31.3 Å². The van der Waals surface area contributed by atoms with Crippen molar-refractivity contribution < 1.29 is 9.53 Å². The number of para-hydroxylation sites is 2. The largest absolute Gasteiger partial charge is 0.492 e. The number of primary amides is 1. The fourth-order valence-electron chi connectivity index (χ4n) is 1.89. The summed E-state index contributed by atoms with van der Waals surface area (Å²) in [6, 6.07) is 7.43. The average molecular weight is 319 g/mol. The molecule has 8 heteroatoms. The number of nitrogens with two attached hydrogens (primary N) is 1. The number of carbonyl (C=O) groups is 1. The van der Waals surface area contributed by atoms with Crippen LogP contribution in [0.3, 0.4) is 0 Å². The van der Waals surface area contributed by atoms with Crippen LogP contribution in [0.15, 0.2) is 30.5 Å². The third-order valence-electron chi connectivity index (χ3n) is 2.75. The smallest absolute Gasteiger partial charge is 0.271 e. The Morgan fingerprint density at radius 3 is 2.73 bits per heavy atom. The van der Waals surface area contributed by atoms with Crippen LogP contribution in [0.5, 0.6) is 5.75 Å². The molecule has 1 aromatic heterocycles. The molecule has 0 aliphatic rings. The highest BCUT2D eigenvalue weighted by Crippen LogP contribution is 2.24. The monoisotopic (exact) mass is 319 g/mol. The molecule has 1 heterocycles. The normalized spacial score (nSPS) is 10.1.